The molecule has 2 heteroatoms. The molecule has 0 aliphatic carbocycles. The molecule has 1 aliphatic heterocycles. The zero-order valence-electron chi connectivity index (χ0n) is 11.8. The molecule has 0 saturated carbocycles. The maximum atomic E-state index is 4.01. The van der Waals surface area contributed by atoms with E-state index in [4.69, 9.17) is 0 Å². The normalized spacial score (nSPS) is 17.6. The van der Waals surface area contributed by atoms with Crippen molar-refractivity contribution in [2.45, 2.75) is 32.7 Å². The van der Waals surface area contributed by atoms with Crippen LogP contribution in [-0.4, -0.2) is 24.5 Å². The number of hydrogen-bond acceptors (Lipinski definition) is 2. The molecule has 98 valence electrons. The van der Waals surface area contributed by atoms with Crippen LogP contribution in [0.1, 0.15) is 31.9 Å². The van der Waals surface area contributed by atoms with Crippen LogP contribution in [0.15, 0.2) is 36.5 Å². The maximum Gasteiger partial charge on any atom is 0.0380 e. The van der Waals surface area contributed by atoms with E-state index in [9.17, 15) is 0 Å². The number of rotatable bonds is 2. The second kappa shape index (κ2) is 5.15. The molecule has 1 aromatic rings. The minimum Gasteiger partial charge on any atom is -0.386 e. The van der Waals surface area contributed by atoms with Gasteiger partial charge in [0.25, 0.3) is 0 Å². The lowest BCUT2D eigenvalue weighted by Gasteiger charge is -2.29. The zero-order valence-corrected chi connectivity index (χ0v) is 11.8. The van der Waals surface area contributed by atoms with Crippen LogP contribution in [-0.2, 0) is 12.0 Å². The van der Waals surface area contributed by atoms with Gasteiger partial charge in [-0.15, -0.1) is 0 Å². The highest BCUT2D eigenvalue weighted by atomic mass is 15.2. The van der Waals surface area contributed by atoms with Crippen LogP contribution >= 0.6 is 0 Å². The van der Waals surface area contributed by atoms with Gasteiger partial charge in [0, 0.05) is 31.9 Å². The Morgan fingerprint density at radius 2 is 2.11 bits per heavy atom. The molecule has 1 N–H and O–H groups in total. The Bertz CT molecular complexity index is 429. The van der Waals surface area contributed by atoms with Crippen molar-refractivity contribution < 1.29 is 0 Å². The summed E-state index contributed by atoms with van der Waals surface area (Å²) in [4.78, 5) is 2.45. The number of nitrogens with zero attached hydrogens (tertiary/aromatic N) is 1. The molecule has 1 aromatic carbocycles. The van der Waals surface area contributed by atoms with Crippen molar-refractivity contribution in [1.29, 1.82) is 0 Å². The lowest BCUT2D eigenvalue weighted by molar-refractivity contribution is 0.259. The molecule has 1 saturated heterocycles. The van der Waals surface area contributed by atoms with E-state index in [2.05, 4.69) is 61.8 Å². The molecule has 0 unspecified atom stereocenters. The SMILES string of the molecule is C=C1CN(Cc2cccc(C(C)(C)C)c2)CCN1. The number of piperazine rings is 1. The van der Waals surface area contributed by atoms with Crippen molar-refractivity contribution >= 4 is 0 Å². The van der Waals surface area contributed by atoms with Gasteiger partial charge in [0.1, 0.15) is 0 Å². The molecule has 0 spiro atoms. The second-order valence-electron chi connectivity index (χ2n) is 6.19. The van der Waals surface area contributed by atoms with Crippen LogP contribution in [0.5, 0.6) is 0 Å². The van der Waals surface area contributed by atoms with Gasteiger partial charge in [-0.3, -0.25) is 4.90 Å². The Hall–Kier alpha value is -1.28. The Balaban J connectivity index is 2.07. The molecule has 1 fully saturated rings. The van der Waals surface area contributed by atoms with Crippen molar-refractivity contribution in [2.24, 2.45) is 0 Å². The molecular formula is C16H24N2. The average molecular weight is 244 g/mol. The van der Waals surface area contributed by atoms with Crippen LogP contribution in [0.4, 0.5) is 0 Å². The molecule has 1 aliphatic rings. The first-order chi connectivity index (χ1) is 8.45. The smallest absolute Gasteiger partial charge is 0.0380 e. The molecule has 0 amide bonds. The van der Waals surface area contributed by atoms with Gasteiger partial charge in [0.2, 0.25) is 0 Å². The lowest BCUT2D eigenvalue weighted by Crippen LogP contribution is -2.41. The Morgan fingerprint density at radius 1 is 1.33 bits per heavy atom. The van der Waals surface area contributed by atoms with Gasteiger partial charge in [0.15, 0.2) is 0 Å². The molecule has 0 radical (unpaired) electrons. The van der Waals surface area contributed by atoms with Crippen molar-refractivity contribution in [3.8, 4) is 0 Å². The first kappa shape index (κ1) is 13.2. The quantitative estimate of drug-likeness (QED) is 0.860. The van der Waals surface area contributed by atoms with E-state index in [0.29, 0.717) is 0 Å². The van der Waals surface area contributed by atoms with Gasteiger partial charge in [-0.05, 0) is 16.5 Å². The molecule has 0 aromatic heterocycles. The van der Waals surface area contributed by atoms with E-state index in [0.717, 1.165) is 31.9 Å². The predicted molar refractivity (Wildman–Crippen MR) is 77.6 cm³/mol. The summed E-state index contributed by atoms with van der Waals surface area (Å²) in [7, 11) is 0. The highest BCUT2D eigenvalue weighted by Gasteiger charge is 2.16. The molecule has 0 atom stereocenters. The third-order valence-corrected chi connectivity index (χ3v) is 3.42. The van der Waals surface area contributed by atoms with Crippen LogP contribution in [0, 0.1) is 0 Å². The Labute approximate surface area is 111 Å². The van der Waals surface area contributed by atoms with Crippen LogP contribution in [0.3, 0.4) is 0 Å². The van der Waals surface area contributed by atoms with E-state index >= 15 is 0 Å². The number of hydrogen-bond donors (Lipinski definition) is 1. The largest absolute Gasteiger partial charge is 0.386 e. The highest BCUT2D eigenvalue weighted by molar-refractivity contribution is 5.28. The summed E-state index contributed by atoms with van der Waals surface area (Å²) in [6.45, 7) is 14.9. The summed E-state index contributed by atoms with van der Waals surface area (Å²) in [6.07, 6.45) is 0. The third-order valence-electron chi connectivity index (χ3n) is 3.42. The fourth-order valence-electron chi connectivity index (χ4n) is 2.33. The summed E-state index contributed by atoms with van der Waals surface area (Å²) in [5, 5.41) is 3.30. The first-order valence-electron chi connectivity index (χ1n) is 6.68. The summed E-state index contributed by atoms with van der Waals surface area (Å²) in [5.74, 6) is 0. The Morgan fingerprint density at radius 3 is 2.78 bits per heavy atom. The number of nitrogens with one attached hydrogen (secondary N) is 1. The van der Waals surface area contributed by atoms with E-state index < -0.39 is 0 Å². The lowest BCUT2D eigenvalue weighted by atomic mass is 9.86. The molecular weight excluding hydrogens is 220 g/mol. The van der Waals surface area contributed by atoms with Crippen LogP contribution in [0.25, 0.3) is 0 Å². The van der Waals surface area contributed by atoms with E-state index in [1.54, 1.807) is 0 Å². The summed E-state index contributed by atoms with van der Waals surface area (Å²) in [5.41, 5.74) is 4.17. The van der Waals surface area contributed by atoms with Gasteiger partial charge in [-0.1, -0.05) is 51.6 Å². The first-order valence-corrected chi connectivity index (χ1v) is 6.68. The molecule has 1 heterocycles. The van der Waals surface area contributed by atoms with Crippen molar-refractivity contribution in [2.75, 3.05) is 19.6 Å². The zero-order chi connectivity index (χ0) is 13.2. The van der Waals surface area contributed by atoms with Gasteiger partial charge < -0.3 is 5.32 Å². The maximum absolute atomic E-state index is 4.01. The predicted octanol–water partition coefficient (Wildman–Crippen LogP) is 2.90. The van der Waals surface area contributed by atoms with E-state index in [1.165, 1.54) is 11.1 Å². The van der Waals surface area contributed by atoms with Gasteiger partial charge in [-0.2, -0.15) is 0 Å². The van der Waals surface area contributed by atoms with Crippen LogP contribution < -0.4 is 5.32 Å². The van der Waals surface area contributed by atoms with Crippen molar-refractivity contribution in [3.05, 3.63) is 47.7 Å². The van der Waals surface area contributed by atoms with Gasteiger partial charge >= 0.3 is 0 Å². The molecule has 2 nitrogen and oxygen atoms in total. The molecule has 18 heavy (non-hydrogen) atoms. The fraction of sp³-hybridized carbons (Fsp3) is 0.500. The standard InChI is InChI=1S/C16H24N2/c1-13-11-18(9-8-17-13)12-14-6-5-7-15(10-14)16(2,3)4/h5-7,10,17H,1,8-9,11-12H2,2-4H3. The van der Waals surface area contributed by atoms with Gasteiger partial charge in [0.05, 0.1) is 0 Å². The monoisotopic (exact) mass is 244 g/mol. The minimum atomic E-state index is 0.225. The fourth-order valence-corrected chi connectivity index (χ4v) is 2.33. The topological polar surface area (TPSA) is 15.3 Å². The van der Waals surface area contributed by atoms with E-state index in [1.807, 2.05) is 0 Å². The summed E-state index contributed by atoms with van der Waals surface area (Å²) >= 11 is 0. The summed E-state index contributed by atoms with van der Waals surface area (Å²) in [6, 6.07) is 8.96. The summed E-state index contributed by atoms with van der Waals surface area (Å²) < 4.78 is 0. The highest BCUT2D eigenvalue weighted by Crippen LogP contribution is 2.23. The van der Waals surface area contributed by atoms with E-state index in [-0.39, 0.29) is 5.41 Å². The molecule has 0 bridgehead atoms. The van der Waals surface area contributed by atoms with Crippen molar-refractivity contribution in [3.63, 3.8) is 0 Å². The second-order valence-corrected chi connectivity index (χ2v) is 6.19. The third kappa shape index (κ3) is 3.36. The van der Waals surface area contributed by atoms with Crippen LogP contribution in [0.2, 0.25) is 0 Å². The van der Waals surface area contributed by atoms with Crippen molar-refractivity contribution in [1.82, 2.24) is 10.2 Å². The number of benzene rings is 1. The molecule has 2 rings (SSSR count). The minimum absolute atomic E-state index is 0.225. The Kier molecular flexibility index (Phi) is 3.76. The average Bonchev–Trinajstić information content (AvgIpc) is 2.28. The van der Waals surface area contributed by atoms with Gasteiger partial charge in [-0.25, -0.2) is 0 Å².